The molecule has 1 fully saturated rings. The molecular formula is C14H21N3O. The van der Waals surface area contributed by atoms with Crippen molar-refractivity contribution in [3.63, 3.8) is 0 Å². The second-order valence-corrected chi connectivity index (χ2v) is 5.71. The van der Waals surface area contributed by atoms with Crippen LogP contribution in [0, 0.1) is 5.92 Å². The summed E-state index contributed by atoms with van der Waals surface area (Å²) < 4.78 is 1.87. The van der Waals surface area contributed by atoms with Crippen molar-refractivity contribution in [2.24, 2.45) is 5.92 Å². The fourth-order valence-corrected chi connectivity index (χ4v) is 3.06. The standard InChI is InChI=1S/C14H21N3O/c1-10-2-3-13-16-12(8-14(18)17(13)9-10)11-4-6-15-7-5-11/h8,10-11,15H,2-7,9H2,1H3. The fraction of sp³-hybridized carbons (Fsp3) is 0.714. The second kappa shape index (κ2) is 4.84. The van der Waals surface area contributed by atoms with Gasteiger partial charge in [0.15, 0.2) is 0 Å². The fourth-order valence-electron chi connectivity index (χ4n) is 3.06. The van der Waals surface area contributed by atoms with Gasteiger partial charge in [-0.3, -0.25) is 9.36 Å². The van der Waals surface area contributed by atoms with Crippen LogP contribution in [-0.4, -0.2) is 22.6 Å². The van der Waals surface area contributed by atoms with Crippen LogP contribution >= 0.6 is 0 Å². The van der Waals surface area contributed by atoms with Crippen LogP contribution in [0.25, 0.3) is 0 Å². The van der Waals surface area contributed by atoms with E-state index in [1.54, 1.807) is 6.07 Å². The van der Waals surface area contributed by atoms with Crippen LogP contribution in [-0.2, 0) is 13.0 Å². The molecule has 2 aliphatic rings. The van der Waals surface area contributed by atoms with E-state index in [0.717, 1.165) is 56.8 Å². The topological polar surface area (TPSA) is 46.9 Å². The predicted molar refractivity (Wildman–Crippen MR) is 70.8 cm³/mol. The number of piperidine rings is 1. The van der Waals surface area contributed by atoms with E-state index < -0.39 is 0 Å². The quantitative estimate of drug-likeness (QED) is 0.813. The molecule has 3 rings (SSSR count). The zero-order valence-corrected chi connectivity index (χ0v) is 11.0. The summed E-state index contributed by atoms with van der Waals surface area (Å²) in [4.78, 5) is 16.9. The maximum atomic E-state index is 12.2. The minimum absolute atomic E-state index is 0.153. The van der Waals surface area contributed by atoms with Crippen molar-refractivity contribution in [1.29, 1.82) is 0 Å². The highest BCUT2D eigenvalue weighted by molar-refractivity contribution is 5.12. The van der Waals surface area contributed by atoms with Crippen molar-refractivity contribution in [3.8, 4) is 0 Å². The molecule has 2 aliphatic heterocycles. The molecular weight excluding hydrogens is 226 g/mol. The molecule has 3 heterocycles. The van der Waals surface area contributed by atoms with E-state index in [2.05, 4.69) is 12.2 Å². The van der Waals surface area contributed by atoms with Gasteiger partial charge in [-0.15, -0.1) is 0 Å². The van der Waals surface area contributed by atoms with E-state index >= 15 is 0 Å². The van der Waals surface area contributed by atoms with Gasteiger partial charge in [-0.1, -0.05) is 6.92 Å². The molecule has 1 aromatic heterocycles. The molecule has 0 amide bonds. The summed E-state index contributed by atoms with van der Waals surface area (Å²) in [6.07, 6.45) is 4.32. The Labute approximate surface area is 107 Å². The normalized spacial score (nSPS) is 24.8. The largest absolute Gasteiger partial charge is 0.317 e. The minimum Gasteiger partial charge on any atom is -0.317 e. The van der Waals surface area contributed by atoms with E-state index in [1.807, 2.05) is 4.57 Å². The molecule has 0 radical (unpaired) electrons. The lowest BCUT2D eigenvalue weighted by Gasteiger charge is -2.26. The van der Waals surface area contributed by atoms with E-state index in [0.29, 0.717) is 11.8 Å². The molecule has 18 heavy (non-hydrogen) atoms. The molecule has 4 heteroatoms. The Morgan fingerprint density at radius 2 is 2.11 bits per heavy atom. The monoisotopic (exact) mass is 247 g/mol. The number of nitrogens with zero attached hydrogens (tertiary/aromatic N) is 2. The van der Waals surface area contributed by atoms with Gasteiger partial charge in [0.2, 0.25) is 0 Å². The molecule has 1 unspecified atom stereocenters. The third-order valence-electron chi connectivity index (χ3n) is 4.22. The first-order valence-electron chi connectivity index (χ1n) is 7.05. The van der Waals surface area contributed by atoms with Crippen LogP contribution in [0.1, 0.15) is 43.6 Å². The van der Waals surface area contributed by atoms with Crippen LogP contribution in [0.15, 0.2) is 10.9 Å². The molecule has 0 spiro atoms. The Morgan fingerprint density at radius 1 is 1.33 bits per heavy atom. The molecule has 0 aliphatic carbocycles. The number of hydrogen-bond donors (Lipinski definition) is 1. The number of rotatable bonds is 1. The van der Waals surface area contributed by atoms with Gasteiger partial charge in [-0.2, -0.15) is 0 Å². The summed E-state index contributed by atoms with van der Waals surface area (Å²) in [6, 6.07) is 1.78. The van der Waals surface area contributed by atoms with Crippen molar-refractivity contribution >= 4 is 0 Å². The predicted octanol–water partition coefficient (Wildman–Crippen LogP) is 1.29. The average molecular weight is 247 g/mol. The lowest BCUT2D eigenvalue weighted by Crippen LogP contribution is -2.33. The average Bonchev–Trinajstić information content (AvgIpc) is 2.40. The maximum Gasteiger partial charge on any atom is 0.253 e. The Bertz CT molecular complexity index is 488. The van der Waals surface area contributed by atoms with Gasteiger partial charge in [-0.05, 0) is 38.3 Å². The third kappa shape index (κ3) is 2.21. The van der Waals surface area contributed by atoms with E-state index in [4.69, 9.17) is 4.98 Å². The minimum atomic E-state index is 0.153. The van der Waals surface area contributed by atoms with Crippen LogP contribution < -0.4 is 10.9 Å². The van der Waals surface area contributed by atoms with Gasteiger partial charge in [-0.25, -0.2) is 4.98 Å². The molecule has 1 aromatic rings. The third-order valence-corrected chi connectivity index (χ3v) is 4.22. The van der Waals surface area contributed by atoms with Crippen molar-refractivity contribution in [3.05, 3.63) is 27.9 Å². The molecule has 1 N–H and O–H groups in total. The summed E-state index contributed by atoms with van der Waals surface area (Å²) in [5.74, 6) is 2.08. The Hall–Kier alpha value is -1.16. The summed E-state index contributed by atoms with van der Waals surface area (Å²) in [5, 5.41) is 3.36. The summed E-state index contributed by atoms with van der Waals surface area (Å²) >= 11 is 0. The number of aryl methyl sites for hydroxylation is 1. The van der Waals surface area contributed by atoms with Crippen LogP contribution in [0.4, 0.5) is 0 Å². The van der Waals surface area contributed by atoms with E-state index in [1.165, 1.54) is 0 Å². The highest BCUT2D eigenvalue weighted by Crippen LogP contribution is 2.24. The highest BCUT2D eigenvalue weighted by atomic mass is 16.1. The summed E-state index contributed by atoms with van der Waals surface area (Å²) in [5.41, 5.74) is 1.18. The molecule has 0 bridgehead atoms. The molecule has 0 aromatic carbocycles. The lowest BCUT2D eigenvalue weighted by atomic mass is 9.94. The van der Waals surface area contributed by atoms with Crippen LogP contribution in [0.2, 0.25) is 0 Å². The van der Waals surface area contributed by atoms with Gasteiger partial charge in [0, 0.05) is 24.9 Å². The van der Waals surface area contributed by atoms with E-state index in [-0.39, 0.29) is 5.56 Å². The van der Waals surface area contributed by atoms with Gasteiger partial charge >= 0.3 is 0 Å². The van der Waals surface area contributed by atoms with Crippen molar-refractivity contribution < 1.29 is 0 Å². The number of nitrogens with one attached hydrogen (secondary N) is 1. The molecule has 98 valence electrons. The first-order chi connectivity index (χ1) is 8.74. The van der Waals surface area contributed by atoms with Crippen molar-refractivity contribution in [2.75, 3.05) is 13.1 Å². The zero-order valence-electron chi connectivity index (χ0n) is 11.0. The lowest BCUT2D eigenvalue weighted by molar-refractivity contribution is 0.372. The molecule has 1 saturated heterocycles. The van der Waals surface area contributed by atoms with Crippen molar-refractivity contribution in [1.82, 2.24) is 14.9 Å². The molecule has 0 saturated carbocycles. The van der Waals surface area contributed by atoms with E-state index in [9.17, 15) is 4.79 Å². The van der Waals surface area contributed by atoms with Gasteiger partial charge < -0.3 is 5.32 Å². The summed E-state index contributed by atoms with van der Waals surface area (Å²) in [6.45, 7) is 5.13. The molecule has 4 nitrogen and oxygen atoms in total. The van der Waals surface area contributed by atoms with Gasteiger partial charge in [0.25, 0.3) is 5.56 Å². The first kappa shape index (κ1) is 11.9. The SMILES string of the molecule is CC1CCc2nc(C3CCNCC3)cc(=O)n2C1. The van der Waals surface area contributed by atoms with Gasteiger partial charge in [0.05, 0.1) is 5.69 Å². The maximum absolute atomic E-state index is 12.2. The second-order valence-electron chi connectivity index (χ2n) is 5.71. The first-order valence-corrected chi connectivity index (χ1v) is 7.05. The van der Waals surface area contributed by atoms with Crippen LogP contribution in [0.5, 0.6) is 0 Å². The number of hydrogen-bond acceptors (Lipinski definition) is 3. The highest BCUT2D eigenvalue weighted by Gasteiger charge is 2.22. The smallest absolute Gasteiger partial charge is 0.253 e. The van der Waals surface area contributed by atoms with Gasteiger partial charge in [0.1, 0.15) is 5.82 Å². The zero-order chi connectivity index (χ0) is 12.5. The van der Waals surface area contributed by atoms with Crippen LogP contribution in [0.3, 0.4) is 0 Å². The molecule has 1 atom stereocenters. The Morgan fingerprint density at radius 3 is 2.89 bits per heavy atom. The summed E-state index contributed by atoms with van der Waals surface area (Å²) in [7, 11) is 0. The number of aromatic nitrogens is 2. The number of fused-ring (bicyclic) bond motifs is 1. The Balaban J connectivity index is 1.93. The van der Waals surface area contributed by atoms with Crippen molar-refractivity contribution in [2.45, 2.75) is 45.1 Å². The Kier molecular flexibility index (Phi) is 3.20.